The van der Waals surface area contributed by atoms with Gasteiger partial charge in [-0.1, -0.05) is 25.1 Å². The summed E-state index contributed by atoms with van der Waals surface area (Å²) >= 11 is 1.85. The lowest BCUT2D eigenvalue weighted by atomic mass is 9.98. The van der Waals surface area contributed by atoms with E-state index in [9.17, 15) is 0 Å². The highest BCUT2D eigenvalue weighted by atomic mass is 32.1. The number of thiophene rings is 1. The van der Waals surface area contributed by atoms with Crippen LogP contribution in [0.25, 0.3) is 10.1 Å². The molecular formula is C17H23NOS. The molecule has 2 unspecified atom stereocenters. The van der Waals surface area contributed by atoms with Gasteiger partial charge in [-0.25, -0.2) is 0 Å². The summed E-state index contributed by atoms with van der Waals surface area (Å²) in [6, 6.07) is 9.33. The third kappa shape index (κ3) is 3.05. The Labute approximate surface area is 125 Å². The van der Waals surface area contributed by atoms with Gasteiger partial charge in [-0.15, -0.1) is 11.3 Å². The van der Waals surface area contributed by atoms with Crippen molar-refractivity contribution in [2.75, 3.05) is 13.2 Å². The lowest BCUT2D eigenvalue weighted by Crippen LogP contribution is -2.22. The molecule has 1 fully saturated rings. The summed E-state index contributed by atoms with van der Waals surface area (Å²) in [5, 5.41) is 7.22. The van der Waals surface area contributed by atoms with Crippen LogP contribution < -0.4 is 5.32 Å². The lowest BCUT2D eigenvalue weighted by Gasteiger charge is -2.21. The molecule has 1 aromatic heterocycles. The summed E-state index contributed by atoms with van der Waals surface area (Å²) in [6.45, 7) is 4.16. The molecule has 0 bridgehead atoms. The SMILES string of the molecule is CCNC(CCC1CCCO1)c1cccc2ccsc12. The molecule has 0 aliphatic carbocycles. The average Bonchev–Trinajstić information content (AvgIpc) is 3.13. The largest absolute Gasteiger partial charge is 0.378 e. The molecule has 0 amide bonds. The number of fused-ring (bicyclic) bond motifs is 1. The fraction of sp³-hybridized carbons (Fsp3) is 0.529. The van der Waals surface area contributed by atoms with E-state index in [0.29, 0.717) is 12.1 Å². The molecule has 0 spiro atoms. The first-order valence-corrected chi connectivity index (χ1v) is 8.57. The van der Waals surface area contributed by atoms with Crippen molar-refractivity contribution in [1.82, 2.24) is 5.32 Å². The van der Waals surface area contributed by atoms with Crippen LogP contribution in [0.15, 0.2) is 29.6 Å². The van der Waals surface area contributed by atoms with Crippen LogP contribution in [0, 0.1) is 0 Å². The van der Waals surface area contributed by atoms with E-state index in [1.54, 1.807) is 0 Å². The first kappa shape index (κ1) is 14.1. The number of ether oxygens (including phenoxy) is 1. The Hall–Kier alpha value is -0.900. The quantitative estimate of drug-likeness (QED) is 0.844. The van der Waals surface area contributed by atoms with Crippen molar-refractivity contribution in [3.63, 3.8) is 0 Å². The van der Waals surface area contributed by atoms with Gasteiger partial charge in [-0.2, -0.15) is 0 Å². The molecule has 2 aromatic rings. The van der Waals surface area contributed by atoms with E-state index in [0.717, 1.165) is 19.6 Å². The number of nitrogens with one attached hydrogen (secondary N) is 1. The Balaban J connectivity index is 1.76. The second-order valence-corrected chi connectivity index (χ2v) is 6.42. The number of hydrogen-bond acceptors (Lipinski definition) is 3. The molecule has 1 N–H and O–H groups in total. The van der Waals surface area contributed by atoms with Crippen molar-refractivity contribution < 1.29 is 4.74 Å². The molecule has 1 aromatic carbocycles. The zero-order chi connectivity index (χ0) is 13.8. The summed E-state index contributed by atoms with van der Waals surface area (Å²) in [7, 11) is 0. The Morgan fingerprint density at radius 1 is 1.40 bits per heavy atom. The third-order valence-electron chi connectivity index (χ3n) is 4.14. The number of rotatable bonds is 6. The van der Waals surface area contributed by atoms with Gasteiger partial charge in [0.2, 0.25) is 0 Å². The fourth-order valence-corrected chi connectivity index (χ4v) is 4.10. The maximum atomic E-state index is 5.76. The van der Waals surface area contributed by atoms with Gasteiger partial charge < -0.3 is 10.1 Å². The minimum absolute atomic E-state index is 0.451. The zero-order valence-electron chi connectivity index (χ0n) is 12.1. The molecule has 2 atom stereocenters. The van der Waals surface area contributed by atoms with Gasteiger partial charge in [-0.3, -0.25) is 0 Å². The predicted molar refractivity (Wildman–Crippen MR) is 86.5 cm³/mol. The summed E-state index contributed by atoms with van der Waals surface area (Å²) in [5.74, 6) is 0. The first-order chi connectivity index (χ1) is 9.88. The van der Waals surface area contributed by atoms with Gasteiger partial charge in [0.05, 0.1) is 6.10 Å². The van der Waals surface area contributed by atoms with Gasteiger partial charge in [0.15, 0.2) is 0 Å². The highest BCUT2D eigenvalue weighted by Gasteiger charge is 2.19. The van der Waals surface area contributed by atoms with E-state index < -0.39 is 0 Å². The molecule has 1 aliphatic rings. The first-order valence-electron chi connectivity index (χ1n) is 7.69. The monoisotopic (exact) mass is 289 g/mol. The van der Waals surface area contributed by atoms with Gasteiger partial charge >= 0.3 is 0 Å². The summed E-state index contributed by atoms with van der Waals surface area (Å²) in [4.78, 5) is 0. The second-order valence-electron chi connectivity index (χ2n) is 5.51. The number of hydrogen-bond donors (Lipinski definition) is 1. The van der Waals surface area contributed by atoms with Crippen LogP contribution >= 0.6 is 11.3 Å². The van der Waals surface area contributed by atoms with Gasteiger partial charge in [0, 0.05) is 17.3 Å². The third-order valence-corrected chi connectivity index (χ3v) is 5.12. The van der Waals surface area contributed by atoms with E-state index in [-0.39, 0.29) is 0 Å². The van der Waals surface area contributed by atoms with E-state index in [4.69, 9.17) is 4.74 Å². The molecule has 3 rings (SSSR count). The molecule has 108 valence electrons. The summed E-state index contributed by atoms with van der Waals surface area (Å²) < 4.78 is 7.20. The van der Waals surface area contributed by atoms with Crippen molar-refractivity contribution in [3.8, 4) is 0 Å². The Morgan fingerprint density at radius 3 is 3.15 bits per heavy atom. The normalized spacial score (nSPS) is 20.6. The topological polar surface area (TPSA) is 21.3 Å². The van der Waals surface area contributed by atoms with Crippen molar-refractivity contribution >= 4 is 21.4 Å². The Bertz CT molecular complexity index is 545. The Kier molecular flexibility index (Phi) is 4.71. The highest BCUT2D eigenvalue weighted by Crippen LogP contribution is 2.32. The smallest absolute Gasteiger partial charge is 0.0576 e. The second kappa shape index (κ2) is 6.70. The van der Waals surface area contributed by atoms with Crippen LogP contribution in [0.3, 0.4) is 0 Å². The molecule has 20 heavy (non-hydrogen) atoms. The van der Waals surface area contributed by atoms with Crippen molar-refractivity contribution in [2.45, 2.75) is 44.8 Å². The molecule has 2 nitrogen and oxygen atoms in total. The van der Waals surface area contributed by atoms with Crippen LogP contribution in [-0.4, -0.2) is 19.3 Å². The van der Waals surface area contributed by atoms with Gasteiger partial charge in [0.1, 0.15) is 0 Å². The van der Waals surface area contributed by atoms with Gasteiger partial charge in [-0.05, 0) is 54.6 Å². The van der Waals surface area contributed by atoms with Crippen LogP contribution in [-0.2, 0) is 4.74 Å². The van der Waals surface area contributed by atoms with Crippen molar-refractivity contribution in [1.29, 1.82) is 0 Å². The minimum atomic E-state index is 0.451. The summed E-state index contributed by atoms with van der Waals surface area (Å²) in [6.07, 6.45) is 5.28. The predicted octanol–water partition coefficient (Wildman–Crippen LogP) is 4.51. The molecule has 1 saturated heterocycles. The van der Waals surface area contributed by atoms with Crippen LogP contribution in [0.5, 0.6) is 0 Å². The highest BCUT2D eigenvalue weighted by molar-refractivity contribution is 7.17. The average molecular weight is 289 g/mol. The van der Waals surface area contributed by atoms with E-state index in [2.05, 4.69) is 41.9 Å². The molecule has 1 aliphatic heterocycles. The number of benzene rings is 1. The van der Waals surface area contributed by atoms with E-state index >= 15 is 0 Å². The van der Waals surface area contributed by atoms with Crippen LogP contribution in [0.2, 0.25) is 0 Å². The van der Waals surface area contributed by atoms with E-state index in [1.807, 2.05) is 11.3 Å². The van der Waals surface area contributed by atoms with Crippen molar-refractivity contribution in [3.05, 3.63) is 35.2 Å². The summed E-state index contributed by atoms with van der Waals surface area (Å²) in [5.41, 5.74) is 1.46. The van der Waals surface area contributed by atoms with Crippen molar-refractivity contribution in [2.24, 2.45) is 0 Å². The fourth-order valence-electron chi connectivity index (χ4n) is 3.13. The maximum Gasteiger partial charge on any atom is 0.0576 e. The molecular weight excluding hydrogens is 266 g/mol. The molecule has 2 heterocycles. The molecule has 3 heteroatoms. The lowest BCUT2D eigenvalue weighted by molar-refractivity contribution is 0.0997. The van der Waals surface area contributed by atoms with Crippen LogP contribution in [0.4, 0.5) is 0 Å². The van der Waals surface area contributed by atoms with Crippen LogP contribution in [0.1, 0.15) is 44.2 Å². The minimum Gasteiger partial charge on any atom is -0.378 e. The van der Waals surface area contributed by atoms with Gasteiger partial charge in [0.25, 0.3) is 0 Å². The molecule has 0 radical (unpaired) electrons. The molecule has 0 saturated carbocycles. The standard InChI is InChI=1S/C17H23NOS/c1-2-18-16(9-8-14-6-4-11-19-14)15-7-3-5-13-10-12-20-17(13)15/h3,5,7,10,12,14,16,18H,2,4,6,8-9,11H2,1H3. The van der Waals surface area contributed by atoms with E-state index in [1.165, 1.54) is 34.9 Å². The Morgan fingerprint density at radius 2 is 2.35 bits per heavy atom. The maximum absolute atomic E-state index is 5.76. The zero-order valence-corrected chi connectivity index (χ0v) is 12.9.